The maximum atomic E-state index is 12.9. The number of esters is 1. The van der Waals surface area contributed by atoms with Gasteiger partial charge in [0.05, 0.1) is 12.7 Å². The Bertz CT molecular complexity index is 729. The minimum Gasteiger partial charge on any atom is -0.478 e. The molecule has 2 aliphatic heterocycles. The molecule has 0 aliphatic carbocycles. The number of benzene rings is 1. The van der Waals surface area contributed by atoms with E-state index >= 15 is 0 Å². The van der Waals surface area contributed by atoms with Gasteiger partial charge in [0.1, 0.15) is 5.75 Å². The number of hydrogen-bond donors (Lipinski definition) is 0. The summed E-state index contributed by atoms with van der Waals surface area (Å²) < 4.78 is 10.5. The maximum Gasteiger partial charge on any atom is 0.330 e. The number of Topliss-reactive ketones (excluding diaryl/α,β-unsaturated/α-hetero) is 1. The Hall–Kier alpha value is -2.63. The van der Waals surface area contributed by atoms with Crippen LogP contribution in [-0.2, 0) is 14.3 Å². The van der Waals surface area contributed by atoms with Crippen LogP contribution in [0.15, 0.2) is 24.3 Å². The molecule has 2 aliphatic rings. The molecule has 0 unspecified atom stereocenters. The Balaban J connectivity index is 1.80. The van der Waals surface area contributed by atoms with Crippen LogP contribution in [0.5, 0.6) is 5.75 Å². The number of likely N-dealkylation sites (tertiary alicyclic amines) is 1. The first-order valence-electron chi connectivity index (χ1n) is 7.84. The summed E-state index contributed by atoms with van der Waals surface area (Å²) in [4.78, 5) is 37.2. The fraction of sp³-hybridized carbons (Fsp3) is 0.389. The molecule has 0 saturated carbocycles. The van der Waals surface area contributed by atoms with Crippen molar-refractivity contribution in [3.05, 3.63) is 35.4 Å². The lowest BCUT2D eigenvalue weighted by atomic mass is 9.85. The Labute approximate surface area is 140 Å². The van der Waals surface area contributed by atoms with Crippen LogP contribution < -0.4 is 4.74 Å². The largest absolute Gasteiger partial charge is 0.478 e. The van der Waals surface area contributed by atoms with Crippen molar-refractivity contribution in [1.82, 2.24) is 4.90 Å². The number of carbonyl (C=O) groups is 3. The molecule has 1 aromatic rings. The molecule has 6 nitrogen and oxygen atoms in total. The highest BCUT2D eigenvalue weighted by atomic mass is 16.5. The highest BCUT2D eigenvalue weighted by molar-refractivity contribution is 6.08. The first-order valence-corrected chi connectivity index (χ1v) is 7.84. The summed E-state index contributed by atoms with van der Waals surface area (Å²) in [6, 6.07) is 5.26. The van der Waals surface area contributed by atoms with E-state index in [0.29, 0.717) is 37.2 Å². The second-order valence-corrected chi connectivity index (χ2v) is 6.04. The van der Waals surface area contributed by atoms with Crippen LogP contribution in [0.1, 0.15) is 35.7 Å². The quantitative estimate of drug-likeness (QED) is 0.611. The number of ketones is 1. The minimum atomic E-state index is -0.862. The zero-order valence-electron chi connectivity index (χ0n) is 13.7. The number of methoxy groups -OCH3 is 1. The van der Waals surface area contributed by atoms with Gasteiger partial charge >= 0.3 is 5.97 Å². The molecule has 2 heterocycles. The number of rotatable bonds is 2. The van der Waals surface area contributed by atoms with Crippen LogP contribution in [0, 0.1) is 0 Å². The number of piperidine rings is 1. The number of ether oxygens (including phenoxy) is 2. The molecule has 1 spiro atoms. The summed E-state index contributed by atoms with van der Waals surface area (Å²) in [6.07, 6.45) is 3.90. The third-order valence-electron chi connectivity index (χ3n) is 4.60. The van der Waals surface area contributed by atoms with E-state index < -0.39 is 11.6 Å². The zero-order chi connectivity index (χ0) is 17.3. The molecule has 1 aromatic carbocycles. The van der Waals surface area contributed by atoms with Crippen molar-refractivity contribution in [2.24, 2.45) is 0 Å². The van der Waals surface area contributed by atoms with Crippen LogP contribution >= 0.6 is 0 Å². The molecule has 126 valence electrons. The molecule has 0 N–H and O–H groups in total. The maximum absolute atomic E-state index is 12.9. The molecule has 1 amide bonds. The Kier molecular flexibility index (Phi) is 4.13. The first kappa shape index (κ1) is 16.2. The average molecular weight is 329 g/mol. The van der Waals surface area contributed by atoms with Crippen LogP contribution in [0.4, 0.5) is 0 Å². The minimum absolute atomic E-state index is 0.0167. The second-order valence-electron chi connectivity index (χ2n) is 6.04. The first-order chi connectivity index (χ1) is 11.4. The molecule has 3 rings (SSSR count). The van der Waals surface area contributed by atoms with E-state index in [9.17, 15) is 14.4 Å². The Morgan fingerprint density at radius 1 is 1.29 bits per heavy atom. The molecule has 1 saturated heterocycles. The van der Waals surface area contributed by atoms with Crippen molar-refractivity contribution < 1.29 is 23.9 Å². The summed E-state index contributed by atoms with van der Waals surface area (Å²) in [5, 5.41) is 0. The summed E-state index contributed by atoms with van der Waals surface area (Å²) >= 11 is 0. The number of hydrogen-bond acceptors (Lipinski definition) is 5. The smallest absolute Gasteiger partial charge is 0.330 e. The summed E-state index contributed by atoms with van der Waals surface area (Å²) in [5.74, 6) is 0.0784. The number of amides is 1. The SMILES string of the molecule is COC(=O)C=Cc1ccc2c(c1)C(=O)C1(CCN(C(C)=O)CC1)O2. The predicted octanol–water partition coefficient (Wildman–Crippen LogP) is 1.83. The fourth-order valence-corrected chi connectivity index (χ4v) is 3.16. The second kappa shape index (κ2) is 6.11. The lowest BCUT2D eigenvalue weighted by molar-refractivity contribution is -0.134. The van der Waals surface area contributed by atoms with Crippen molar-refractivity contribution >= 4 is 23.7 Å². The predicted molar refractivity (Wildman–Crippen MR) is 86.7 cm³/mol. The molecular formula is C18H19NO5. The van der Waals surface area contributed by atoms with E-state index in [0.717, 1.165) is 5.56 Å². The van der Waals surface area contributed by atoms with Gasteiger partial charge in [-0.05, 0) is 23.8 Å². The van der Waals surface area contributed by atoms with Gasteiger partial charge in [-0.1, -0.05) is 6.07 Å². The molecule has 0 aromatic heterocycles. The van der Waals surface area contributed by atoms with Crippen LogP contribution in [-0.4, -0.2) is 48.4 Å². The van der Waals surface area contributed by atoms with Crippen molar-refractivity contribution in [2.45, 2.75) is 25.4 Å². The van der Waals surface area contributed by atoms with E-state index in [1.54, 1.807) is 29.2 Å². The summed E-state index contributed by atoms with van der Waals surface area (Å²) in [7, 11) is 1.31. The van der Waals surface area contributed by atoms with Crippen LogP contribution in [0.3, 0.4) is 0 Å². The molecule has 6 heteroatoms. The van der Waals surface area contributed by atoms with Gasteiger partial charge in [-0.3, -0.25) is 9.59 Å². The van der Waals surface area contributed by atoms with Crippen molar-refractivity contribution in [1.29, 1.82) is 0 Å². The fourth-order valence-electron chi connectivity index (χ4n) is 3.16. The van der Waals surface area contributed by atoms with Gasteiger partial charge in [-0.25, -0.2) is 4.79 Å². The van der Waals surface area contributed by atoms with Gasteiger partial charge in [0.25, 0.3) is 0 Å². The molecule has 24 heavy (non-hydrogen) atoms. The monoisotopic (exact) mass is 329 g/mol. The highest BCUT2D eigenvalue weighted by Crippen LogP contribution is 2.41. The molecular weight excluding hydrogens is 310 g/mol. The van der Waals surface area contributed by atoms with Gasteiger partial charge in [0.2, 0.25) is 11.7 Å². The van der Waals surface area contributed by atoms with Crippen molar-refractivity contribution in [3.8, 4) is 5.75 Å². The topological polar surface area (TPSA) is 72.9 Å². The van der Waals surface area contributed by atoms with Crippen molar-refractivity contribution in [2.75, 3.05) is 20.2 Å². The Morgan fingerprint density at radius 2 is 2.00 bits per heavy atom. The van der Waals surface area contributed by atoms with Gasteiger partial charge in [0.15, 0.2) is 5.60 Å². The van der Waals surface area contributed by atoms with E-state index in [2.05, 4.69) is 4.74 Å². The average Bonchev–Trinajstić information content (AvgIpc) is 2.85. The third-order valence-corrected chi connectivity index (χ3v) is 4.60. The van der Waals surface area contributed by atoms with Gasteiger partial charge in [-0.15, -0.1) is 0 Å². The lowest BCUT2D eigenvalue weighted by Gasteiger charge is -2.36. The third kappa shape index (κ3) is 2.79. The van der Waals surface area contributed by atoms with Gasteiger partial charge in [-0.2, -0.15) is 0 Å². The molecule has 0 bridgehead atoms. The molecule has 0 atom stereocenters. The van der Waals surface area contributed by atoms with Gasteiger partial charge in [0, 0.05) is 38.9 Å². The summed E-state index contributed by atoms with van der Waals surface area (Å²) in [6.45, 7) is 2.57. The number of carbonyl (C=O) groups excluding carboxylic acids is 3. The van der Waals surface area contributed by atoms with Gasteiger partial charge < -0.3 is 14.4 Å². The highest BCUT2D eigenvalue weighted by Gasteiger charge is 2.49. The van der Waals surface area contributed by atoms with Crippen LogP contribution in [0.2, 0.25) is 0 Å². The zero-order valence-corrected chi connectivity index (χ0v) is 13.7. The van der Waals surface area contributed by atoms with Crippen LogP contribution in [0.25, 0.3) is 6.08 Å². The van der Waals surface area contributed by atoms with Crippen molar-refractivity contribution in [3.63, 3.8) is 0 Å². The summed E-state index contributed by atoms with van der Waals surface area (Å²) in [5.41, 5.74) is 0.395. The van der Waals surface area contributed by atoms with E-state index in [4.69, 9.17) is 4.74 Å². The Morgan fingerprint density at radius 3 is 2.62 bits per heavy atom. The van der Waals surface area contributed by atoms with E-state index in [-0.39, 0.29) is 11.7 Å². The number of nitrogens with zero attached hydrogens (tertiary/aromatic N) is 1. The van der Waals surface area contributed by atoms with E-state index in [1.165, 1.54) is 20.1 Å². The molecule has 1 fully saturated rings. The molecule has 0 radical (unpaired) electrons. The lowest BCUT2D eigenvalue weighted by Crippen LogP contribution is -2.51. The normalized spacial score (nSPS) is 18.6. The standard InChI is InChI=1S/C18H19NO5/c1-12(20)19-9-7-18(8-10-19)17(22)14-11-13(3-5-15(14)24-18)4-6-16(21)23-2/h3-6,11H,7-10H2,1-2H3. The number of fused-ring (bicyclic) bond motifs is 1. The van der Waals surface area contributed by atoms with E-state index in [1.807, 2.05) is 0 Å².